The zero-order chi connectivity index (χ0) is 16.2. The molecule has 2 unspecified atom stereocenters. The van der Waals surface area contributed by atoms with E-state index in [0.29, 0.717) is 0 Å². The van der Waals surface area contributed by atoms with Crippen LogP contribution in [0.25, 0.3) is 0 Å². The molecule has 1 aromatic rings. The van der Waals surface area contributed by atoms with Crippen LogP contribution >= 0.6 is 0 Å². The molecule has 4 nitrogen and oxygen atoms in total. The number of Topliss-reactive ketones (excluding diaryl/α,β-unsaturated/α-hetero) is 1. The molecule has 0 aliphatic heterocycles. The maximum absolute atomic E-state index is 12.4. The molecule has 118 valence electrons. The van der Waals surface area contributed by atoms with E-state index in [-0.39, 0.29) is 31.0 Å². The number of aliphatic hydroxyl groups excluding tert-OH is 1. The standard InChI is InChI=1S/C14H15F3O4.Li.H/c1-3-21-13(20)12(19)8(2)11(18)9-4-6-10(7-5-9)14(15,16)17;;/h4-8,11,18H,3H2,1-2H3;;. The Morgan fingerprint density at radius 2 is 1.73 bits per heavy atom. The summed E-state index contributed by atoms with van der Waals surface area (Å²) in [6, 6.07) is 3.76. The number of rotatable bonds is 5. The normalized spacial score (nSPS) is 13.7. The molecule has 0 saturated heterocycles. The van der Waals surface area contributed by atoms with E-state index in [1.807, 2.05) is 0 Å². The number of ether oxygens (including phenoxy) is 1. The Morgan fingerprint density at radius 1 is 1.23 bits per heavy atom. The van der Waals surface area contributed by atoms with Crippen LogP contribution < -0.4 is 0 Å². The molecular formula is C14H16F3LiO4. The Morgan fingerprint density at radius 3 is 2.14 bits per heavy atom. The number of benzene rings is 1. The minimum absolute atomic E-state index is 0. The molecule has 8 heteroatoms. The summed E-state index contributed by atoms with van der Waals surface area (Å²) in [6.45, 7) is 2.86. The van der Waals surface area contributed by atoms with Crippen LogP contribution in [0.3, 0.4) is 0 Å². The van der Waals surface area contributed by atoms with Gasteiger partial charge in [-0.3, -0.25) is 4.79 Å². The molecule has 0 saturated carbocycles. The van der Waals surface area contributed by atoms with Crippen molar-refractivity contribution >= 4 is 30.6 Å². The van der Waals surface area contributed by atoms with Gasteiger partial charge in [0.1, 0.15) is 0 Å². The molecule has 22 heavy (non-hydrogen) atoms. The summed E-state index contributed by atoms with van der Waals surface area (Å²) in [5.41, 5.74) is -0.740. The third-order valence-corrected chi connectivity index (χ3v) is 2.94. The van der Waals surface area contributed by atoms with E-state index in [1.54, 1.807) is 0 Å². The monoisotopic (exact) mass is 312 g/mol. The van der Waals surface area contributed by atoms with Crippen LogP contribution in [-0.2, 0) is 20.5 Å². The van der Waals surface area contributed by atoms with Crippen LogP contribution in [0.5, 0.6) is 0 Å². The van der Waals surface area contributed by atoms with Crippen molar-refractivity contribution in [2.45, 2.75) is 26.1 Å². The predicted molar refractivity (Wildman–Crippen MR) is 74.4 cm³/mol. The third kappa shape index (κ3) is 5.16. The summed E-state index contributed by atoms with van der Waals surface area (Å²) >= 11 is 0. The molecule has 2 atom stereocenters. The van der Waals surface area contributed by atoms with E-state index < -0.39 is 35.5 Å². The molecule has 0 radical (unpaired) electrons. The predicted octanol–water partition coefficient (Wildman–Crippen LogP) is 1.86. The Kier molecular flexibility index (Phi) is 7.88. The summed E-state index contributed by atoms with van der Waals surface area (Å²) in [7, 11) is 0. The molecular weight excluding hydrogens is 296 g/mol. The first kappa shape index (κ1) is 20.7. The molecule has 0 amide bonds. The van der Waals surface area contributed by atoms with E-state index >= 15 is 0 Å². The number of ketones is 1. The Hall–Kier alpha value is -1.29. The van der Waals surface area contributed by atoms with E-state index in [1.165, 1.54) is 13.8 Å². The number of esters is 1. The van der Waals surface area contributed by atoms with Crippen molar-refractivity contribution in [2.75, 3.05) is 6.61 Å². The minimum atomic E-state index is -4.48. The van der Waals surface area contributed by atoms with Crippen LogP contribution in [0.15, 0.2) is 24.3 Å². The molecule has 0 bridgehead atoms. The first-order valence-electron chi connectivity index (χ1n) is 6.24. The first-order chi connectivity index (χ1) is 9.68. The topological polar surface area (TPSA) is 63.6 Å². The molecule has 0 aromatic heterocycles. The van der Waals surface area contributed by atoms with Crippen molar-refractivity contribution in [3.05, 3.63) is 35.4 Å². The van der Waals surface area contributed by atoms with Gasteiger partial charge in [-0.1, -0.05) is 19.1 Å². The van der Waals surface area contributed by atoms with Crippen molar-refractivity contribution in [3.63, 3.8) is 0 Å². The summed E-state index contributed by atoms with van der Waals surface area (Å²) in [4.78, 5) is 22.9. The van der Waals surface area contributed by atoms with Gasteiger partial charge >= 0.3 is 31.0 Å². The fourth-order valence-corrected chi connectivity index (χ4v) is 1.69. The van der Waals surface area contributed by atoms with Gasteiger partial charge in [-0.05, 0) is 24.6 Å². The molecule has 1 rings (SSSR count). The Balaban J connectivity index is 0.00000441. The summed E-state index contributed by atoms with van der Waals surface area (Å²) < 4.78 is 41.8. The van der Waals surface area contributed by atoms with Gasteiger partial charge in [0.25, 0.3) is 0 Å². The van der Waals surface area contributed by atoms with Gasteiger partial charge in [0.2, 0.25) is 5.78 Å². The summed E-state index contributed by atoms with van der Waals surface area (Å²) in [5, 5.41) is 9.96. The van der Waals surface area contributed by atoms with Gasteiger partial charge in [0.05, 0.1) is 24.2 Å². The van der Waals surface area contributed by atoms with Crippen LogP contribution in [0.2, 0.25) is 0 Å². The average Bonchev–Trinajstić information content (AvgIpc) is 2.44. The summed E-state index contributed by atoms with van der Waals surface area (Å²) in [5.74, 6) is -3.11. The maximum atomic E-state index is 12.4. The molecule has 0 spiro atoms. The van der Waals surface area contributed by atoms with Crippen molar-refractivity contribution in [3.8, 4) is 0 Å². The molecule has 1 aromatic carbocycles. The van der Waals surface area contributed by atoms with Gasteiger partial charge in [-0.2, -0.15) is 13.2 Å². The second-order valence-corrected chi connectivity index (χ2v) is 4.44. The first-order valence-corrected chi connectivity index (χ1v) is 6.24. The Bertz CT molecular complexity index is 514. The fourth-order valence-electron chi connectivity index (χ4n) is 1.69. The second kappa shape index (κ2) is 8.37. The van der Waals surface area contributed by atoms with Crippen LogP contribution in [0.4, 0.5) is 13.2 Å². The molecule has 0 aliphatic carbocycles. The summed E-state index contributed by atoms with van der Waals surface area (Å²) in [6.07, 6.45) is -5.86. The Labute approximate surface area is 137 Å². The number of alkyl halides is 3. The van der Waals surface area contributed by atoms with Crippen molar-refractivity contribution in [1.29, 1.82) is 0 Å². The van der Waals surface area contributed by atoms with Gasteiger partial charge in [-0.25, -0.2) is 4.79 Å². The number of hydrogen-bond donors (Lipinski definition) is 1. The fraction of sp³-hybridized carbons (Fsp3) is 0.429. The van der Waals surface area contributed by atoms with Gasteiger partial charge in [-0.15, -0.1) is 0 Å². The quantitative estimate of drug-likeness (QED) is 0.512. The number of carbonyl (C=O) groups excluding carboxylic acids is 2. The molecule has 1 N–H and O–H groups in total. The SMILES string of the molecule is CCOC(=O)C(=O)C(C)C(O)c1ccc(C(F)(F)F)cc1.[LiH]. The second-order valence-electron chi connectivity index (χ2n) is 4.44. The average molecular weight is 312 g/mol. The van der Waals surface area contributed by atoms with E-state index in [4.69, 9.17) is 0 Å². The van der Waals surface area contributed by atoms with E-state index in [2.05, 4.69) is 4.74 Å². The zero-order valence-electron chi connectivity index (χ0n) is 11.5. The van der Waals surface area contributed by atoms with Crippen LogP contribution in [0.1, 0.15) is 31.1 Å². The van der Waals surface area contributed by atoms with Crippen LogP contribution in [-0.4, -0.2) is 42.3 Å². The number of halogens is 3. The van der Waals surface area contributed by atoms with Gasteiger partial charge < -0.3 is 9.84 Å². The van der Waals surface area contributed by atoms with Crippen molar-refractivity contribution in [2.24, 2.45) is 5.92 Å². The van der Waals surface area contributed by atoms with Gasteiger partial charge in [0.15, 0.2) is 0 Å². The molecule has 0 aliphatic rings. The van der Waals surface area contributed by atoms with Crippen molar-refractivity contribution in [1.82, 2.24) is 0 Å². The molecule has 0 heterocycles. The van der Waals surface area contributed by atoms with E-state index in [9.17, 15) is 27.9 Å². The zero-order valence-corrected chi connectivity index (χ0v) is 11.5. The third-order valence-electron chi connectivity index (χ3n) is 2.94. The number of aliphatic hydroxyl groups is 1. The molecule has 0 fully saturated rings. The van der Waals surface area contributed by atoms with Crippen LogP contribution in [0, 0.1) is 5.92 Å². The number of hydrogen-bond acceptors (Lipinski definition) is 4. The van der Waals surface area contributed by atoms with E-state index in [0.717, 1.165) is 24.3 Å². The van der Waals surface area contributed by atoms with Gasteiger partial charge in [0, 0.05) is 0 Å². The van der Waals surface area contributed by atoms with Crippen molar-refractivity contribution < 1.29 is 32.6 Å². The number of carbonyl (C=O) groups is 2.